The average Bonchev–Trinajstić information content (AvgIpc) is 3.06. The number of hydrogen-bond acceptors (Lipinski definition) is 10. The lowest BCUT2D eigenvalue weighted by molar-refractivity contribution is 0.252. The van der Waals surface area contributed by atoms with Crippen molar-refractivity contribution >= 4 is 69.4 Å². The maximum Gasteiger partial charge on any atom is 0.371 e. The van der Waals surface area contributed by atoms with Crippen LogP contribution in [-0.4, -0.2) is 67.7 Å². The fraction of sp³-hybridized carbons (Fsp3) is 0.167. The Balaban J connectivity index is 1.65. The maximum atomic E-state index is 7.34. The monoisotopic (exact) mass is 685 g/mol. The van der Waals surface area contributed by atoms with Crippen LogP contribution in [-0.2, 0) is 20.6 Å². The fourth-order valence-corrected chi connectivity index (χ4v) is 30.9. The molecule has 1 aliphatic heterocycles. The van der Waals surface area contributed by atoms with E-state index < -0.39 is 42.8 Å². The molecule has 0 aliphatic carbocycles. The van der Waals surface area contributed by atoms with Gasteiger partial charge in [0, 0.05) is 31.0 Å². The number of pyridine rings is 5. The summed E-state index contributed by atoms with van der Waals surface area (Å²) < 4.78 is 36.7. The second-order valence-corrected chi connectivity index (χ2v) is 27.4. The third kappa shape index (κ3) is 6.49. The van der Waals surface area contributed by atoms with Crippen LogP contribution in [0.2, 0.25) is 32.7 Å². The van der Waals surface area contributed by atoms with Gasteiger partial charge in [0.05, 0.1) is 26.6 Å². The summed E-state index contributed by atoms with van der Waals surface area (Å²) >= 11 is 0. The molecular formula is C30H35N5O5Si5. The smallest absolute Gasteiger partial charge is 0.371 e. The molecule has 1 aliphatic rings. The summed E-state index contributed by atoms with van der Waals surface area (Å²) in [4.78, 5) is 23.9. The summed E-state index contributed by atoms with van der Waals surface area (Å²) in [5.41, 5.74) is 0. The minimum Gasteiger partial charge on any atom is -0.407 e. The second-order valence-electron chi connectivity index (χ2n) is 11.3. The molecule has 0 spiro atoms. The van der Waals surface area contributed by atoms with E-state index in [1.165, 1.54) is 0 Å². The first-order valence-corrected chi connectivity index (χ1v) is 26.2. The first kappa shape index (κ1) is 31.6. The number of nitrogens with zero attached hydrogens (tertiary/aromatic N) is 5. The van der Waals surface area contributed by atoms with E-state index in [4.69, 9.17) is 45.5 Å². The molecule has 5 aromatic rings. The Morgan fingerprint density at radius 3 is 0.622 bits per heavy atom. The van der Waals surface area contributed by atoms with Crippen LogP contribution in [0.1, 0.15) is 0 Å². The Bertz CT molecular complexity index is 1410. The summed E-state index contributed by atoms with van der Waals surface area (Å²) in [7, 11) is -17.4. The Labute approximate surface area is 268 Å². The molecule has 6 heterocycles. The highest BCUT2D eigenvalue weighted by atomic mass is 28.5. The summed E-state index contributed by atoms with van der Waals surface area (Å²) in [6.07, 6.45) is 8.76. The van der Waals surface area contributed by atoms with Crippen molar-refractivity contribution in [3.8, 4) is 0 Å². The lowest BCUT2D eigenvalue weighted by Crippen LogP contribution is -2.78. The van der Waals surface area contributed by atoms with Crippen LogP contribution in [0.15, 0.2) is 122 Å². The molecule has 0 saturated carbocycles. The van der Waals surface area contributed by atoms with E-state index in [1.807, 2.05) is 124 Å². The largest absolute Gasteiger partial charge is 0.407 e. The molecule has 1 fully saturated rings. The summed E-state index contributed by atoms with van der Waals surface area (Å²) in [6, 6.07) is 28.8. The molecule has 0 aromatic carbocycles. The predicted octanol–water partition coefficient (Wildman–Crippen LogP) is 1.95. The minimum atomic E-state index is -3.48. The first-order chi connectivity index (χ1) is 21.6. The minimum absolute atomic E-state index is 0.699. The van der Waals surface area contributed by atoms with Gasteiger partial charge in [-0.3, -0.25) is 24.9 Å². The first-order valence-electron chi connectivity index (χ1n) is 14.6. The zero-order valence-corrected chi connectivity index (χ0v) is 30.8. The van der Waals surface area contributed by atoms with E-state index in [0.29, 0.717) is 26.6 Å². The Kier molecular flexibility index (Phi) is 8.74. The lowest BCUT2D eigenvalue weighted by atomic mass is 10.5. The lowest BCUT2D eigenvalue weighted by Gasteiger charge is -2.48. The van der Waals surface area contributed by atoms with Crippen LogP contribution in [0.5, 0.6) is 0 Å². The van der Waals surface area contributed by atoms with Gasteiger partial charge in [-0.2, -0.15) is 0 Å². The van der Waals surface area contributed by atoms with E-state index in [0.717, 1.165) is 0 Å². The van der Waals surface area contributed by atoms with Crippen molar-refractivity contribution in [3.63, 3.8) is 0 Å². The summed E-state index contributed by atoms with van der Waals surface area (Å²) in [5, 5.41) is 3.50. The van der Waals surface area contributed by atoms with Gasteiger partial charge in [0.25, 0.3) is 0 Å². The van der Waals surface area contributed by atoms with E-state index >= 15 is 0 Å². The SMILES string of the molecule is C[Si]1(c2ccccn2)O[Si](C)(c2ccccn2)O[Si](C)(c2ccccn2)O[Si](C)(c2ccccn2)O[Si](C)(c2ccccn2)O1. The topological polar surface area (TPSA) is 111 Å². The average molecular weight is 686 g/mol. The van der Waals surface area contributed by atoms with Crippen molar-refractivity contribution in [1.29, 1.82) is 0 Å². The van der Waals surface area contributed by atoms with Crippen molar-refractivity contribution in [2.75, 3.05) is 0 Å². The predicted molar refractivity (Wildman–Crippen MR) is 183 cm³/mol. The van der Waals surface area contributed by atoms with Crippen molar-refractivity contribution in [1.82, 2.24) is 24.9 Å². The third-order valence-corrected chi connectivity index (χ3v) is 29.3. The van der Waals surface area contributed by atoms with Gasteiger partial charge >= 0.3 is 42.8 Å². The Morgan fingerprint density at radius 2 is 0.489 bits per heavy atom. The molecule has 0 unspecified atom stereocenters. The van der Waals surface area contributed by atoms with Gasteiger partial charge in [0.1, 0.15) is 0 Å². The number of hydrogen-bond donors (Lipinski definition) is 0. The molecule has 15 heteroatoms. The molecule has 10 nitrogen and oxygen atoms in total. The van der Waals surface area contributed by atoms with Crippen molar-refractivity contribution in [2.45, 2.75) is 32.7 Å². The number of aromatic nitrogens is 5. The highest BCUT2D eigenvalue weighted by molar-refractivity contribution is 7.05. The molecule has 5 aromatic heterocycles. The molecule has 0 amide bonds. The molecule has 0 atom stereocenters. The van der Waals surface area contributed by atoms with Gasteiger partial charge in [-0.15, -0.1) is 0 Å². The molecule has 6 rings (SSSR count). The van der Waals surface area contributed by atoms with Crippen LogP contribution in [0, 0.1) is 0 Å². The van der Waals surface area contributed by atoms with Gasteiger partial charge in [-0.05, 0) is 93.4 Å². The normalized spacial score (nSPS) is 30.8. The van der Waals surface area contributed by atoms with Crippen molar-refractivity contribution in [2.24, 2.45) is 0 Å². The van der Waals surface area contributed by atoms with Crippen LogP contribution < -0.4 is 26.6 Å². The third-order valence-electron chi connectivity index (χ3n) is 7.60. The van der Waals surface area contributed by atoms with E-state index in [1.54, 1.807) is 31.0 Å². The molecule has 230 valence electrons. The van der Waals surface area contributed by atoms with Crippen LogP contribution in [0.25, 0.3) is 0 Å². The van der Waals surface area contributed by atoms with E-state index in [9.17, 15) is 0 Å². The zero-order chi connectivity index (χ0) is 31.6. The molecular weight excluding hydrogens is 651 g/mol. The van der Waals surface area contributed by atoms with E-state index in [-0.39, 0.29) is 0 Å². The maximum absolute atomic E-state index is 7.34. The molecule has 0 N–H and O–H groups in total. The van der Waals surface area contributed by atoms with Gasteiger partial charge in [0.2, 0.25) is 0 Å². The summed E-state index contributed by atoms with van der Waals surface area (Å²) in [6.45, 7) is 10.0. The van der Waals surface area contributed by atoms with Crippen molar-refractivity contribution < 1.29 is 20.6 Å². The zero-order valence-electron chi connectivity index (χ0n) is 25.8. The Hall–Kier alpha value is -3.37. The Morgan fingerprint density at radius 1 is 0.311 bits per heavy atom. The standard InChI is InChI=1S/C30H35N5O5Si5/c1-41(26-16-6-11-21-31-26)36-42(2,27-17-7-12-22-32-27)38-44(4,29-19-9-14-24-34-29)40-45(5,30-20-10-15-25-35-30)39-43(3,37-41)28-18-8-13-23-33-28/h6-25H,1-5H3. The van der Waals surface area contributed by atoms with Gasteiger partial charge < -0.3 is 20.6 Å². The number of rotatable bonds is 5. The fourth-order valence-electron chi connectivity index (χ4n) is 5.64. The molecule has 45 heavy (non-hydrogen) atoms. The molecule has 0 bridgehead atoms. The summed E-state index contributed by atoms with van der Waals surface area (Å²) in [5.74, 6) is 0. The second kappa shape index (κ2) is 12.4. The van der Waals surface area contributed by atoms with Crippen LogP contribution in [0.3, 0.4) is 0 Å². The quantitative estimate of drug-likeness (QED) is 0.255. The van der Waals surface area contributed by atoms with Crippen molar-refractivity contribution in [3.05, 3.63) is 122 Å². The van der Waals surface area contributed by atoms with Gasteiger partial charge in [-0.1, -0.05) is 30.3 Å². The molecule has 0 radical (unpaired) electrons. The van der Waals surface area contributed by atoms with Gasteiger partial charge in [0.15, 0.2) is 0 Å². The van der Waals surface area contributed by atoms with E-state index in [2.05, 4.69) is 0 Å². The van der Waals surface area contributed by atoms with Gasteiger partial charge in [-0.25, -0.2) is 0 Å². The highest BCUT2D eigenvalue weighted by Gasteiger charge is 2.62. The highest BCUT2D eigenvalue weighted by Crippen LogP contribution is 2.30. The molecule has 1 saturated heterocycles. The van der Waals surface area contributed by atoms with Crippen LogP contribution in [0.4, 0.5) is 0 Å². The van der Waals surface area contributed by atoms with Crippen LogP contribution >= 0.6 is 0 Å².